The second-order valence-corrected chi connectivity index (χ2v) is 5.05. The Morgan fingerprint density at radius 2 is 2.17 bits per heavy atom. The lowest BCUT2D eigenvalue weighted by Crippen LogP contribution is -2.19. The van der Waals surface area contributed by atoms with Crippen LogP contribution in [0.2, 0.25) is 0 Å². The molecular weight excluding hydrogens is 228 g/mol. The molecule has 0 atom stereocenters. The third-order valence-corrected chi connectivity index (χ3v) is 3.46. The summed E-state index contributed by atoms with van der Waals surface area (Å²) in [6.45, 7) is 4.64. The van der Waals surface area contributed by atoms with Crippen LogP contribution >= 0.6 is 0 Å². The van der Waals surface area contributed by atoms with Gasteiger partial charge in [-0.2, -0.15) is 0 Å². The van der Waals surface area contributed by atoms with Gasteiger partial charge in [0.05, 0.1) is 5.69 Å². The molecule has 1 aliphatic rings. The number of pyridine rings is 1. The molecule has 0 unspecified atom stereocenters. The number of nitrogens with zero attached hydrogens (tertiary/aromatic N) is 2. The molecule has 0 N–H and O–H groups in total. The molecule has 0 saturated heterocycles. The summed E-state index contributed by atoms with van der Waals surface area (Å²) in [7, 11) is 0. The predicted molar refractivity (Wildman–Crippen MR) is 68.4 cm³/mol. The molecule has 0 amide bonds. The molecule has 1 fully saturated rings. The SMILES string of the molecule is Cc1noc(C)c1-c1ccc(=O)n(CC2CC2)c1. The highest BCUT2D eigenvalue weighted by molar-refractivity contribution is 5.66. The number of rotatable bonds is 3. The first-order chi connectivity index (χ1) is 8.65. The second kappa shape index (κ2) is 4.12. The van der Waals surface area contributed by atoms with E-state index >= 15 is 0 Å². The van der Waals surface area contributed by atoms with E-state index in [0.29, 0.717) is 5.92 Å². The van der Waals surface area contributed by atoms with E-state index in [9.17, 15) is 4.79 Å². The number of hydrogen-bond acceptors (Lipinski definition) is 3. The van der Waals surface area contributed by atoms with E-state index < -0.39 is 0 Å². The van der Waals surface area contributed by atoms with E-state index in [-0.39, 0.29) is 5.56 Å². The van der Waals surface area contributed by atoms with Crippen LogP contribution in [0.1, 0.15) is 24.3 Å². The third kappa shape index (κ3) is 1.98. The fourth-order valence-corrected chi connectivity index (χ4v) is 2.30. The van der Waals surface area contributed by atoms with Crippen molar-refractivity contribution >= 4 is 0 Å². The van der Waals surface area contributed by atoms with E-state index in [0.717, 1.165) is 29.1 Å². The zero-order chi connectivity index (χ0) is 12.7. The predicted octanol–water partition coefficient (Wildman–Crippen LogP) is 2.53. The summed E-state index contributed by atoms with van der Waals surface area (Å²) in [5.41, 5.74) is 2.94. The van der Waals surface area contributed by atoms with Gasteiger partial charge in [0.25, 0.3) is 5.56 Å². The summed E-state index contributed by atoms with van der Waals surface area (Å²) < 4.78 is 6.98. The standard InChI is InChI=1S/C14H16N2O2/c1-9-14(10(2)18-15-9)12-5-6-13(17)16(8-12)7-11-3-4-11/h5-6,8,11H,3-4,7H2,1-2H3. The monoisotopic (exact) mass is 244 g/mol. The molecule has 4 heteroatoms. The minimum atomic E-state index is 0.0670. The van der Waals surface area contributed by atoms with Crippen LogP contribution in [0.15, 0.2) is 27.6 Å². The van der Waals surface area contributed by atoms with E-state index in [1.165, 1.54) is 12.8 Å². The molecule has 1 saturated carbocycles. The van der Waals surface area contributed by atoms with Gasteiger partial charge in [-0.25, -0.2) is 0 Å². The fraction of sp³-hybridized carbons (Fsp3) is 0.429. The largest absolute Gasteiger partial charge is 0.361 e. The Morgan fingerprint density at radius 1 is 1.39 bits per heavy atom. The van der Waals surface area contributed by atoms with Crippen molar-refractivity contribution in [3.8, 4) is 11.1 Å². The molecule has 1 aliphatic carbocycles. The summed E-state index contributed by atoms with van der Waals surface area (Å²) in [6, 6.07) is 3.47. The Morgan fingerprint density at radius 3 is 2.78 bits per heavy atom. The van der Waals surface area contributed by atoms with E-state index in [4.69, 9.17) is 4.52 Å². The van der Waals surface area contributed by atoms with Crippen molar-refractivity contribution in [3.05, 3.63) is 40.1 Å². The molecule has 0 aromatic carbocycles. The number of aromatic nitrogens is 2. The van der Waals surface area contributed by atoms with Gasteiger partial charge in [0.15, 0.2) is 0 Å². The van der Waals surface area contributed by atoms with Gasteiger partial charge in [0.2, 0.25) is 0 Å². The maximum absolute atomic E-state index is 11.8. The Balaban J connectivity index is 2.04. The summed E-state index contributed by atoms with van der Waals surface area (Å²) in [5, 5.41) is 3.96. The smallest absolute Gasteiger partial charge is 0.250 e. The minimum Gasteiger partial charge on any atom is -0.361 e. The molecular formula is C14H16N2O2. The highest BCUT2D eigenvalue weighted by Gasteiger charge is 2.22. The molecule has 2 aromatic heterocycles. The van der Waals surface area contributed by atoms with Crippen LogP contribution < -0.4 is 5.56 Å². The van der Waals surface area contributed by atoms with Crippen LogP contribution in [0.4, 0.5) is 0 Å². The molecule has 0 bridgehead atoms. The lowest BCUT2D eigenvalue weighted by molar-refractivity contribution is 0.393. The third-order valence-electron chi connectivity index (χ3n) is 3.46. The van der Waals surface area contributed by atoms with Gasteiger partial charge >= 0.3 is 0 Å². The van der Waals surface area contributed by atoms with Crippen LogP contribution in [0.3, 0.4) is 0 Å². The Hall–Kier alpha value is -1.84. The first kappa shape index (κ1) is 11.3. The zero-order valence-electron chi connectivity index (χ0n) is 10.6. The number of aryl methyl sites for hydroxylation is 2. The molecule has 3 rings (SSSR count). The van der Waals surface area contributed by atoms with Gasteiger partial charge in [-0.15, -0.1) is 0 Å². The fourth-order valence-electron chi connectivity index (χ4n) is 2.30. The van der Waals surface area contributed by atoms with Crippen molar-refractivity contribution in [1.29, 1.82) is 0 Å². The van der Waals surface area contributed by atoms with Crippen molar-refractivity contribution < 1.29 is 4.52 Å². The average Bonchev–Trinajstić information content (AvgIpc) is 3.09. The normalized spacial score (nSPS) is 15.0. The zero-order valence-corrected chi connectivity index (χ0v) is 10.6. The van der Waals surface area contributed by atoms with Crippen LogP contribution in [0.5, 0.6) is 0 Å². The van der Waals surface area contributed by atoms with Crippen molar-refractivity contribution in [1.82, 2.24) is 9.72 Å². The maximum Gasteiger partial charge on any atom is 0.250 e. The highest BCUT2D eigenvalue weighted by Crippen LogP contribution is 2.31. The van der Waals surface area contributed by atoms with Crippen LogP contribution in [-0.4, -0.2) is 9.72 Å². The Labute approximate surface area is 105 Å². The molecule has 18 heavy (non-hydrogen) atoms. The lowest BCUT2D eigenvalue weighted by Gasteiger charge is -2.07. The first-order valence-electron chi connectivity index (χ1n) is 6.29. The van der Waals surface area contributed by atoms with Gasteiger partial charge in [-0.05, 0) is 38.7 Å². The molecule has 94 valence electrons. The van der Waals surface area contributed by atoms with Gasteiger partial charge in [0.1, 0.15) is 5.76 Å². The maximum atomic E-state index is 11.8. The van der Waals surface area contributed by atoms with Crippen molar-refractivity contribution in [2.24, 2.45) is 5.92 Å². The number of hydrogen-bond donors (Lipinski definition) is 0. The second-order valence-electron chi connectivity index (χ2n) is 5.05. The van der Waals surface area contributed by atoms with Gasteiger partial charge in [-0.1, -0.05) is 5.16 Å². The molecule has 4 nitrogen and oxygen atoms in total. The van der Waals surface area contributed by atoms with E-state index in [1.54, 1.807) is 10.6 Å². The molecule has 2 aromatic rings. The minimum absolute atomic E-state index is 0.0670. The summed E-state index contributed by atoms with van der Waals surface area (Å²) in [5.74, 6) is 1.48. The Bertz CT molecular complexity index is 616. The van der Waals surface area contributed by atoms with Crippen LogP contribution in [0, 0.1) is 19.8 Å². The van der Waals surface area contributed by atoms with Crippen molar-refractivity contribution in [2.45, 2.75) is 33.2 Å². The van der Waals surface area contributed by atoms with Crippen molar-refractivity contribution in [2.75, 3.05) is 0 Å². The quantitative estimate of drug-likeness (QED) is 0.833. The molecule has 2 heterocycles. The topological polar surface area (TPSA) is 48.0 Å². The van der Waals surface area contributed by atoms with E-state index in [2.05, 4.69) is 5.16 Å². The summed E-state index contributed by atoms with van der Waals surface area (Å²) in [4.78, 5) is 11.8. The van der Waals surface area contributed by atoms with Crippen LogP contribution in [-0.2, 0) is 6.54 Å². The Kier molecular flexibility index (Phi) is 2.58. The van der Waals surface area contributed by atoms with Crippen molar-refractivity contribution in [3.63, 3.8) is 0 Å². The van der Waals surface area contributed by atoms with Gasteiger partial charge < -0.3 is 9.09 Å². The average molecular weight is 244 g/mol. The molecule has 0 aliphatic heterocycles. The molecule has 0 spiro atoms. The summed E-state index contributed by atoms with van der Waals surface area (Å²) in [6.07, 6.45) is 4.40. The van der Waals surface area contributed by atoms with Gasteiger partial charge in [-0.3, -0.25) is 4.79 Å². The summed E-state index contributed by atoms with van der Waals surface area (Å²) >= 11 is 0. The van der Waals surface area contributed by atoms with Crippen LogP contribution in [0.25, 0.3) is 11.1 Å². The highest BCUT2D eigenvalue weighted by atomic mass is 16.5. The molecule has 0 radical (unpaired) electrons. The lowest BCUT2D eigenvalue weighted by atomic mass is 10.1. The van der Waals surface area contributed by atoms with E-state index in [1.807, 2.05) is 26.1 Å². The first-order valence-corrected chi connectivity index (χ1v) is 6.29. The van der Waals surface area contributed by atoms with Gasteiger partial charge in [0, 0.05) is 29.9 Å².